The highest BCUT2D eigenvalue weighted by atomic mass is 16.3. The monoisotopic (exact) mass is 720 g/mol. The molecule has 7 aromatic carbocycles. The Morgan fingerprint density at radius 3 is 1.98 bits per heavy atom. The van der Waals surface area contributed by atoms with Crippen LogP contribution in [0.2, 0.25) is 0 Å². The number of nitrogens with zero attached hydrogens (tertiary/aromatic N) is 3. The maximum Gasteiger partial charge on any atom is 0.159 e. The highest BCUT2D eigenvalue weighted by molar-refractivity contribution is 6.19. The zero-order valence-electron chi connectivity index (χ0n) is 31.0. The van der Waals surface area contributed by atoms with E-state index in [1.165, 1.54) is 22.3 Å². The van der Waals surface area contributed by atoms with Crippen molar-refractivity contribution in [3.63, 3.8) is 0 Å². The summed E-state index contributed by atoms with van der Waals surface area (Å²) >= 11 is 0. The summed E-state index contributed by atoms with van der Waals surface area (Å²) in [6.07, 6.45) is -0.271. The lowest BCUT2D eigenvalue weighted by Crippen LogP contribution is -2.33. The summed E-state index contributed by atoms with van der Waals surface area (Å²) in [5.74, 6) is 1.52. The molecule has 0 fully saturated rings. The molecule has 2 aliphatic rings. The van der Waals surface area contributed by atoms with E-state index in [0.29, 0.717) is 5.84 Å². The first kappa shape index (κ1) is 32.3. The molecule has 2 aromatic heterocycles. The first-order chi connectivity index (χ1) is 27.5. The molecular weight excluding hydrogens is 685 g/mol. The number of furan rings is 1. The lowest BCUT2D eigenvalue weighted by molar-refractivity contribution is 0.658. The Morgan fingerprint density at radius 2 is 1.18 bits per heavy atom. The zero-order chi connectivity index (χ0) is 37.4. The number of benzene rings is 7. The molecule has 1 N–H and O–H groups in total. The molecule has 266 valence electrons. The van der Waals surface area contributed by atoms with E-state index in [-0.39, 0.29) is 11.6 Å². The van der Waals surface area contributed by atoms with Gasteiger partial charge in [0.15, 0.2) is 5.84 Å². The van der Waals surface area contributed by atoms with E-state index in [0.717, 1.165) is 77.8 Å². The van der Waals surface area contributed by atoms with E-state index >= 15 is 0 Å². The number of rotatable bonds is 5. The van der Waals surface area contributed by atoms with Gasteiger partial charge >= 0.3 is 0 Å². The lowest BCUT2D eigenvalue weighted by atomic mass is 9.82. The Morgan fingerprint density at radius 1 is 0.554 bits per heavy atom. The van der Waals surface area contributed by atoms with Crippen LogP contribution in [0.5, 0.6) is 0 Å². The van der Waals surface area contributed by atoms with Crippen LogP contribution in [0, 0.1) is 0 Å². The first-order valence-electron chi connectivity index (χ1n) is 19.1. The number of fused-ring (bicyclic) bond motifs is 8. The van der Waals surface area contributed by atoms with E-state index < -0.39 is 0 Å². The minimum absolute atomic E-state index is 0.104. The summed E-state index contributed by atoms with van der Waals surface area (Å²) in [4.78, 5) is 15.5. The fourth-order valence-electron chi connectivity index (χ4n) is 8.63. The van der Waals surface area contributed by atoms with Crippen molar-refractivity contribution in [1.29, 1.82) is 0 Å². The number of amidine groups is 2. The van der Waals surface area contributed by atoms with Crippen molar-refractivity contribution in [1.82, 2.24) is 10.3 Å². The van der Waals surface area contributed by atoms with Crippen molar-refractivity contribution >= 4 is 44.5 Å². The van der Waals surface area contributed by atoms with E-state index in [1.807, 2.05) is 30.3 Å². The van der Waals surface area contributed by atoms with Gasteiger partial charge in [0, 0.05) is 32.9 Å². The Kier molecular flexibility index (Phi) is 7.20. The molecule has 1 aliphatic carbocycles. The van der Waals surface area contributed by atoms with Gasteiger partial charge in [0.25, 0.3) is 0 Å². The molecule has 56 heavy (non-hydrogen) atoms. The molecule has 9 aromatic rings. The van der Waals surface area contributed by atoms with Crippen molar-refractivity contribution in [2.75, 3.05) is 0 Å². The second-order valence-corrected chi connectivity index (χ2v) is 15.2. The first-order valence-corrected chi connectivity index (χ1v) is 19.1. The van der Waals surface area contributed by atoms with Crippen LogP contribution in [0.15, 0.2) is 184 Å². The quantitative estimate of drug-likeness (QED) is 0.193. The molecule has 1 unspecified atom stereocenters. The molecule has 0 saturated carbocycles. The summed E-state index contributed by atoms with van der Waals surface area (Å²) < 4.78 is 6.42. The van der Waals surface area contributed by atoms with Crippen molar-refractivity contribution in [2.45, 2.75) is 25.4 Å². The van der Waals surface area contributed by atoms with Gasteiger partial charge in [-0.1, -0.05) is 159 Å². The zero-order valence-corrected chi connectivity index (χ0v) is 31.0. The van der Waals surface area contributed by atoms with Crippen LogP contribution in [-0.4, -0.2) is 16.7 Å². The molecule has 3 heterocycles. The SMILES string of the molecule is CC1(C)c2ccccc2-c2ccc(C3=NC(c4ccc(-c5ccc(-c6nc7ccccc7c7oc8ccccc8c67)cc5)cc4)=NC(c4ccccc4)N3)cc21. The van der Waals surface area contributed by atoms with Gasteiger partial charge in [0.2, 0.25) is 0 Å². The fraction of sp³-hybridized carbons (Fsp3) is 0.0784. The summed E-state index contributed by atoms with van der Waals surface area (Å²) in [6.45, 7) is 4.62. The third kappa shape index (κ3) is 5.12. The molecule has 5 heteroatoms. The van der Waals surface area contributed by atoms with Crippen LogP contribution < -0.4 is 5.32 Å². The van der Waals surface area contributed by atoms with E-state index in [4.69, 9.17) is 19.4 Å². The molecule has 1 aliphatic heterocycles. The van der Waals surface area contributed by atoms with Crippen LogP contribution in [-0.2, 0) is 5.41 Å². The largest absolute Gasteiger partial charge is 0.455 e. The Bertz CT molecular complexity index is 3060. The maximum atomic E-state index is 6.42. The molecule has 1 atom stereocenters. The van der Waals surface area contributed by atoms with E-state index in [1.54, 1.807) is 0 Å². The molecule has 0 amide bonds. The smallest absolute Gasteiger partial charge is 0.159 e. The van der Waals surface area contributed by atoms with E-state index in [9.17, 15) is 0 Å². The van der Waals surface area contributed by atoms with Gasteiger partial charge in [0.05, 0.1) is 16.6 Å². The highest BCUT2D eigenvalue weighted by Gasteiger charge is 2.35. The van der Waals surface area contributed by atoms with Gasteiger partial charge in [-0.2, -0.15) is 0 Å². The van der Waals surface area contributed by atoms with E-state index in [2.05, 4.69) is 159 Å². The Balaban J connectivity index is 0.939. The standard InChI is InChI=1S/C51H36N4O/c1-51(2)41-17-9-6-14-37(41)38-29-28-36(30-42(38)51)50-54-48(34-12-4-3-5-13-34)53-49(55-50)35-26-22-32(23-27-35)31-20-24-33(25-21-31)46-45-40-16-8-11-19-44(40)56-47(45)39-15-7-10-18-43(39)52-46/h3-30,48H,1-2H3,(H,53,54,55). The Labute approximate surface area is 324 Å². The van der Waals surface area contributed by atoms with Crippen molar-refractivity contribution in [3.8, 4) is 33.5 Å². The van der Waals surface area contributed by atoms with Gasteiger partial charge in [-0.05, 0) is 63.2 Å². The summed E-state index contributed by atoms with van der Waals surface area (Å²) in [7, 11) is 0. The number of aliphatic imine (C=N–C) groups is 2. The maximum absolute atomic E-state index is 6.42. The number of pyridine rings is 1. The van der Waals surface area contributed by atoms with Crippen LogP contribution in [0.1, 0.15) is 47.8 Å². The second kappa shape index (κ2) is 12.5. The van der Waals surface area contributed by atoms with Crippen LogP contribution in [0.25, 0.3) is 66.4 Å². The number of hydrogen-bond donors (Lipinski definition) is 1. The lowest BCUT2D eigenvalue weighted by Gasteiger charge is -2.25. The third-order valence-corrected chi connectivity index (χ3v) is 11.6. The molecule has 0 saturated heterocycles. The minimum Gasteiger partial charge on any atom is -0.455 e. The van der Waals surface area contributed by atoms with Gasteiger partial charge in [-0.25, -0.2) is 15.0 Å². The molecule has 0 bridgehead atoms. The van der Waals surface area contributed by atoms with Crippen molar-refractivity contribution < 1.29 is 4.42 Å². The highest BCUT2D eigenvalue weighted by Crippen LogP contribution is 2.49. The van der Waals surface area contributed by atoms with Gasteiger partial charge in [-0.15, -0.1) is 0 Å². The number of aromatic nitrogens is 1. The summed E-state index contributed by atoms with van der Waals surface area (Å²) in [6, 6.07) is 59.5. The molecular formula is C51H36N4O. The Hall–Kier alpha value is -7.11. The molecule has 0 radical (unpaired) electrons. The number of hydrogen-bond acceptors (Lipinski definition) is 5. The normalized spacial score (nSPS) is 15.6. The summed E-state index contributed by atoms with van der Waals surface area (Å²) in [5, 5.41) is 6.80. The number of para-hydroxylation sites is 2. The average Bonchev–Trinajstić information content (AvgIpc) is 3.76. The fourth-order valence-corrected chi connectivity index (χ4v) is 8.63. The predicted molar refractivity (Wildman–Crippen MR) is 229 cm³/mol. The van der Waals surface area contributed by atoms with Crippen LogP contribution in [0.4, 0.5) is 0 Å². The topological polar surface area (TPSA) is 62.8 Å². The molecule has 11 rings (SSSR count). The van der Waals surface area contributed by atoms with Gasteiger partial charge in [0.1, 0.15) is 23.2 Å². The number of nitrogens with one attached hydrogen (secondary N) is 1. The predicted octanol–water partition coefficient (Wildman–Crippen LogP) is 12.3. The third-order valence-electron chi connectivity index (χ3n) is 11.6. The summed E-state index contributed by atoms with van der Waals surface area (Å²) in [5.41, 5.74) is 15.1. The van der Waals surface area contributed by atoms with Crippen molar-refractivity contribution in [2.24, 2.45) is 9.98 Å². The van der Waals surface area contributed by atoms with Crippen LogP contribution >= 0.6 is 0 Å². The minimum atomic E-state index is -0.271. The molecule has 5 nitrogen and oxygen atoms in total. The van der Waals surface area contributed by atoms with Gasteiger partial charge < -0.3 is 9.73 Å². The molecule has 0 spiro atoms. The average molecular weight is 721 g/mol. The van der Waals surface area contributed by atoms with Crippen LogP contribution in [0.3, 0.4) is 0 Å². The van der Waals surface area contributed by atoms with Gasteiger partial charge in [-0.3, -0.25) is 0 Å². The van der Waals surface area contributed by atoms with Crippen molar-refractivity contribution in [3.05, 3.63) is 198 Å². The second-order valence-electron chi connectivity index (χ2n) is 15.2.